The molecular weight excluding hydrogens is 356 g/mol. The van der Waals surface area contributed by atoms with Gasteiger partial charge in [0.05, 0.1) is 17.0 Å². The number of rotatable bonds is 5. The number of carbonyl (C=O) groups excluding carboxylic acids is 1. The third-order valence-corrected chi connectivity index (χ3v) is 5.80. The van der Waals surface area contributed by atoms with E-state index in [1.165, 1.54) is 11.8 Å². The van der Waals surface area contributed by atoms with E-state index in [0.717, 1.165) is 49.1 Å². The molecule has 0 aliphatic heterocycles. The molecule has 1 fully saturated rings. The number of benzene rings is 1. The zero-order valence-corrected chi connectivity index (χ0v) is 16.6. The van der Waals surface area contributed by atoms with Gasteiger partial charge in [-0.2, -0.15) is 5.26 Å². The fourth-order valence-corrected chi connectivity index (χ4v) is 4.15. The van der Waals surface area contributed by atoms with Crippen molar-refractivity contribution in [2.75, 3.05) is 0 Å². The number of nitrogens with one attached hydrogen (secondary N) is 1. The van der Waals surface area contributed by atoms with E-state index in [4.69, 9.17) is 0 Å². The van der Waals surface area contributed by atoms with Crippen molar-refractivity contribution in [3.05, 3.63) is 42.1 Å². The first-order valence-electron chi connectivity index (χ1n) is 9.32. The lowest BCUT2D eigenvalue weighted by Gasteiger charge is -2.32. The molecule has 2 aromatic rings. The molecule has 0 unspecified atom stereocenters. The Hall–Kier alpha value is -2.39. The van der Waals surface area contributed by atoms with Gasteiger partial charge in [-0.3, -0.25) is 4.79 Å². The van der Waals surface area contributed by atoms with E-state index >= 15 is 0 Å². The summed E-state index contributed by atoms with van der Waals surface area (Å²) in [4.78, 5) is 21.8. The SMILES string of the molecule is Cc1cc(-c2ccccc2)nc(S[C@@H](C)C(=O)NC2(C#N)CCCCC2)n1. The summed E-state index contributed by atoms with van der Waals surface area (Å²) in [5.41, 5.74) is 2.01. The average molecular weight is 381 g/mol. The van der Waals surface area contributed by atoms with Crippen molar-refractivity contribution in [1.29, 1.82) is 5.26 Å². The lowest BCUT2D eigenvalue weighted by atomic mass is 9.83. The van der Waals surface area contributed by atoms with E-state index in [0.29, 0.717) is 5.16 Å². The molecule has 1 atom stereocenters. The normalized spacial score (nSPS) is 16.9. The number of carbonyl (C=O) groups is 1. The van der Waals surface area contributed by atoms with Gasteiger partial charge in [0.25, 0.3) is 0 Å². The van der Waals surface area contributed by atoms with Crippen molar-refractivity contribution < 1.29 is 4.79 Å². The van der Waals surface area contributed by atoms with Gasteiger partial charge in [0.15, 0.2) is 5.16 Å². The quantitative estimate of drug-likeness (QED) is 0.619. The van der Waals surface area contributed by atoms with Crippen LogP contribution in [-0.2, 0) is 4.79 Å². The first-order chi connectivity index (χ1) is 13.0. The number of hydrogen-bond acceptors (Lipinski definition) is 5. The summed E-state index contributed by atoms with van der Waals surface area (Å²) in [5, 5.41) is 12.8. The summed E-state index contributed by atoms with van der Waals surface area (Å²) in [7, 11) is 0. The van der Waals surface area contributed by atoms with Crippen molar-refractivity contribution in [3.63, 3.8) is 0 Å². The fraction of sp³-hybridized carbons (Fsp3) is 0.429. The molecule has 5 nitrogen and oxygen atoms in total. The Kier molecular flexibility index (Phi) is 6.12. The molecule has 0 bridgehead atoms. The van der Waals surface area contributed by atoms with Crippen LogP contribution in [0, 0.1) is 18.3 Å². The molecule has 1 aromatic heterocycles. The molecule has 1 amide bonds. The van der Waals surface area contributed by atoms with Gasteiger partial charge in [0.2, 0.25) is 5.91 Å². The van der Waals surface area contributed by atoms with Crippen molar-refractivity contribution in [3.8, 4) is 17.3 Å². The Morgan fingerprint density at radius 1 is 1.22 bits per heavy atom. The zero-order chi connectivity index (χ0) is 19.3. The van der Waals surface area contributed by atoms with Crippen LogP contribution in [-0.4, -0.2) is 26.7 Å². The Labute approximate surface area is 164 Å². The highest BCUT2D eigenvalue weighted by Crippen LogP contribution is 2.29. The van der Waals surface area contributed by atoms with E-state index in [1.54, 1.807) is 0 Å². The van der Waals surface area contributed by atoms with Gasteiger partial charge >= 0.3 is 0 Å². The summed E-state index contributed by atoms with van der Waals surface area (Å²) in [6.45, 7) is 3.76. The van der Waals surface area contributed by atoms with Gasteiger partial charge in [-0.25, -0.2) is 9.97 Å². The molecule has 1 aliphatic rings. The van der Waals surface area contributed by atoms with Crippen molar-refractivity contribution in [2.45, 2.75) is 61.9 Å². The molecule has 140 valence electrons. The number of nitrogens with zero attached hydrogens (tertiary/aromatic N) is 3. The standard InChI is InChI=1S/C21H24N4OS/c1-15-13-18(17-9-5-3-6-10-17)24-20(23-15)27-16(2)19(26)25-21(14-22)11-7-4-8-12-21/h3,5-6,9-10,13,16H,4,7-8,11-12H2,1-2H3,(H,25,26)/t16-/m0/s1. The Bertz CT molecular complexity index is 841. The summed E-state index contributed by atoms with van der Waals surface area (Å²) >= 11 is 1.33. The molecule has 1 saturated carbocycles. The first-order valence-corrected chi connectivity index (χ1v) is 10.2. The number of nitriles is 1. The van der Waals surface area contributed by atoms with Gasteiger partial charge in [0, 0.05) is 11.3 Å². The number of aromatic nitrogens is 2. The van der Waals surface area contributed by atoms with Crippen LogP contribution in [0.1, 0.15) is 44.7 Å². The molecule has 1 aliphatic carbocycles. The van der Waals surface area contributed by atoms with Crippen molar-refractivity contribution in [1.82, 2.24) is 15.3 Å². The van der Waals surface area contributed by atoms with Crippen LogP contribution in [0.2, 0.25) is 0 Å². The van der Waals surface area contributed by atoms with Crippen LogP contribution in [0.15, 0.2) is 41.6 Å². The van der Waals surface area contributed by atoms with Crippen molar-refractivity contribution >= 4 is 17.7 Å². The maximum absolute atomic E-state index is 12.7. The highest BCUT2D eigenvalue weighted by Gasteiger charge is 2.35. The van der Waals surface area contributed by atoms with E-state index in [-0.39, 0.29) is 11.2 Å². The summed E-state index contributed by atoms with van der Waals surface area (Å²) < 4.78 is 0. The zero-order valence-electron chi connectivity index (χ0n) is 15.7. The number of amides is 1. The van der Waals surface area contributed by atoms with Gasteiger partial charge in [0.1, 0.15) is 5.54 Å². The van der Waals surface area contributed by atoms with Crippen molar-refractivity contribution in [2.24, 2.45) is 0 Å². The second-order valence-electron chi connectivity index (χ2n) is 7.05. The number of hydrogen-bond donors (Lipinski definition) is 1. The molecular formula is C21H24N4OS. The lowest BCUT2D eigenvalue weighted by molar-refractivity contribution is -0.121. The van der Waals surface area contributed by atoms with Crippen LogP contribution < -0.4 is 5.32 Å². The molecule has 0 saturated heterocycles. The van der Waals surface area contributed by atoms with Crippen LogP contribution in [0.4, 0.5) is 0 Å². The smallest absolute Gasteiger partial charge is 0.234 e. The minimum absolute atomic E-state index is 0.130. The number of aryl methyl sites for hydroxylation is 1. The molecule has 1 heterocycles. The van der Waals surface area contributed by atoms with Crippen LogP contribution in [0.5, 0.6) is 0 Å². The molecule has 0 spiro atoms. The molecule has 1 aromatic carbocycles. The van der Waals surface area contributed by atoms with E-state index < -0.39 is 5.54 Å². The van der Waals surface area contributed by atoms with E-state index in [2.05, 4.69) is 21.4 Å². The highest BCUT2D eigenvalue weighted by atomic mass is 32.2. The minimum Gasteiger partial charge on any atom is -0.337 e. The Morgan fingerprint density at radius 3 is 2.59 bits per heavy atom. The summed E-state index contributed by atoms with van der Waals surface area (Å²) in [6.07, 6.45) is 4.55. The lowest BCUT2D eigenvalue weighted by Crippen LogP contribution is -2.50. The fourth-order valence-electron chi connectivity index (χ4n) is 3.32. The second-order valence-corrected chi connectivity index (χ2v) is 8.36. The van der Waals surface area contributed by atoms with E-state index in [9.17, 15) is 10.1 Å². The second kappa shape index (κ2) is 8.53. The molecule has 0 radical (unpaired) electrons. The summed E-state index contributed by atoms with van der Waals surface area (Å²) in [5.74, 6) is -0.130. The Balaban J connectivity index is 1.72. The van der Waals surface area contributed by atoms with Gasteiger partial charge in [-0.05, 0) is 32.8 Å². The molecule has 1 N–H and O–H groups in total. The first kappa shape index (κ1) is 19.4. The van der Waals surface area contributed by atoms with Gasteiger partial charge in [-0.1, -0.05) is 61.4 Å². The van der Waals surface area contributed by atoms with Gasteiger partial charge in [-0.15, -0.1) is 0 Å². The maximum Gasteiger partial charge on any atom is 0.234 e. The Morgan fingerprint density at radius 2 is 1.93 bits per heavy atom. The molecule has 3 rings (SSSR count). The molecule has 6 heteroatoms. The third kappa shape index (κ3) is 4.86. The van der Waals surface area contributed by atoms with Crippen LogP contribution in [0.25, 0.3) is 11.3 Å². The molecule has 27 heavy (non-hydrogen) atoms. The third-order valence-electron chi connectivity index (χ3n) is 4.84. The largest absolute Gasteiger partial charge is 0.337 e. The predicted molar refractivity (Wildman–Crippen MR) is 107 cm³/mol. The van der Waals surface area contributed by atoms with Crippen LogP contribution >= 0.6 is 11.8 Å². The maximum atomic E-state index is 12.7. The summed E-state index contributed by atoms with van der Waals surface area (Å²) in [6, 6.07) is 14.2. The highest BCUT2D eigenvalue weighted by molar-refractivity contribution is 8.00. The minimum atomic E-state index is -0.715. The average Bonchev–Trinajstić information content (AvgIpc) is 2.69. The van der Waals surface area contributed by atoms with Gasteiger partial charge < -0.3 is 5.32 Å². The number of thioether (sulfide) groups is 1. The van der Waals surface area contributed by atoms with Crippen LogP contribution in [0.3, 0.4) is 0 Å². The topological polar surface area (TPSA) is 78.7 Å². The predicted octanol–water partition coefficient (Wildman–Crippen LogP) is 4.28. The van der Waals surface area contributed by atoms with E-state index in [1.807, 2.05) is 50.2 Å². The monoisotopic (exact) mass is 380 g/mol.